The Morgan fingerprint density at radius 1 is 1.19 bits per heavy atom. The molecule has 0 amide bonds. The van der Waals surface area contributed by atoms with E-state index in [1.54, 1.807) is 23.7 Å². The smallest absolute Gasteiger partial charge is 0.139 e. The van der Waals surface area contributed by atoms with E-state index in [1.807, 2.05) is 31.3 Å². The largest absolute Gasteiger partial charge is 0.299 e. The van der Waals surface area contributed by atoms with E-state index in [0.717, 1.165) is 44.0 Å². The van der Waals surface area contributed by atoms with Crippen LogP contribution in [0.1, 0.15) is 24.8 Å². The van der Waals surface area contributed by atoms with Crippen molar-refractivity contribution in [2.45, 2.75) is 26.2 Å². The summed E-state index contributed by atoms with van der Waals surface area (Å²) in [6, 6.07) is 10.1. The molecule has 4 rings (SSSR count). The van der Waals surface area contributed by atoms with E-state index >= 15 is 0 Å². The third-order valence-corrected chi connectivity index (χ3v) is 5.30. The number of carbonyl (C=O) groups is 1. The van der Waals surface area contributed by atoms with Crippen LogP contribution >= 0.6 is 11.3 Å². The summed E-state index contributed by atoms with van der Waals surface area (Å²) in [5.41, 5.74) is 4.97. The summed E-state index contributed by atoms with van der Waals surface area (Å²) < 4.78 is 1.07. The van der Waals surface area contributed by atoms with Gasteiger partial charge >= 0.3 is 0 Å². The van der Waals surface area contributed by atoms with Gasteiger partial charge in [0.25, 0.3) is 0 Å². The lowest BCUT2D eigenvalue weighted by atomic mass is 10.0. The van der Waals surface area contributed by atoms with Crippen molar-refractivity contribution in [3.05, 3.63) is 53.9 Å². The number of hydrogen-bond donors (Lipinski definition) is 1. The second kappa shape index (κ2) is 7.17. The molecule has 4 aromatic rings. The predicted molar refractivity (Wildman–Crippen MR) is 104 cm³/mol. The molecule has 0 aliphatic carbocycles. The highest BCUT2D eigenvalue weighted by molar-refractivity contribution is 7.19. The van der Waals surface area contributed by atoms with E-state index in [1.165, 1.54) is 0 Å². The van der Waals surface area contributed by atoms with E-state index in [9.17, 15) is 4.79 Å². The summed E-state index contributed by atoms with van der Waals surface area (Å²) >= 11 is 1.58. The van der Waals surface area contributed by atoms with Crippen LogP contribution in [0.5, 0.6) is 0 Å². The number of aromatic amines is 1. The first-order valence-corrected chi connectivity index (χ1v) is 9.41. The Bertz CT molecular complexity index is 1040. The molecule has 3 aromatic heterocycles. The molecule has 0 aliphatic rings. The Hall–Kier alpha value is -2.86. The maximum Gasteiger partial charge on any atom is 0.139 e. The number of carbonyl (C=O) groups excluding carboxylic acids is 1. The summed E-state index contributed by atoms with van der Waals surface area (Å²) in [6.07, 6.45) is 7.22. The van der Waals surface area contributed by atoms with E-state index in [2.05, 4.69) is 27.3 Å². The van der Waals surface area contributed by atoms with Gasteiger partial charge in [0.2, 0.25) is 0 Å². The predicted octanol–water partition coefficient (Wildman–Crippen LogP) is 4.66. The second-order valence-corrected chi connectivity index (χ2v) is 7.24. The average Bonchev–Trinajstić information content (AvgIpc) is 3.31. The van der Waals surface area contributed by atoms with Crippen LogP contribution in [-0.2, 0) is 11.2 Å². The van der Waals surface area contributed by atoms with Crippen molar-refractivity contribution in [3.8, 4) is 22.4 Å². The van der Waals surface area contributed by atoms with Crippen molar-refractivity contribution in [1.29, 1.82) is 0 Å². The van der Waals surface area contributed by atoms with Crippen molar-refractivity contribution >= 4 is 27.3 Å². The van der Waals surface area contributed by atoms with Crippen molar-refractivity contribution in [2.75, 3.05) is 0 Å². The van der Waals surface area contributed by atoms with Gasteiger partial charge in [-0.25, -0.2) is 4.98 Å². The molecule has 0 atom stereocenters. The van der Waals surface area contributed by atoms with Gasteiger partial charge in [0.15, 0.2) is 0 Å². The fourth-order valence-electron chi connectivity index (χ4n) is 3.00. The zero-order valence-corrected chi connectivity index (χ0v) is 15.2. The number of thiazole rings is 1. The molecule has 5 nitrogen and oxygen atoms in total. The molecular formula is C20H18N4OS. The van der Waals surface area contributed by atoms with Gasteiger partial charge in [-0.1, -0.05) is 13.0 Å². The van der Waals surface area contributed by atoms with Crippen molar-refractivity contribution in [2.24, 2.45) is 0 Å². The fraction of sp³-hybridized carbons (Fsp3) is 0.200. The maximum atomic E-state index is 12.0. The molecule has 6 heteroatoms. The van der Waals surface area contributed by atoms with Crippen molar-refractivity contribution in [1.82, 2.24) is 20.2 Å². The van der Waals surface area contributed by atoms with E-state index in [-0.39, 0.29) is 5.78 Å². The molecule has 0 saturated carbocycles. The number of aromatic nitrogens is 4. The zero-order valence-electron chi connectivity index (χ0n) is 14.4. The van der Waals surface area contributed by atoms with Crippen molar-refractivity contribution < 1.29 is 4.79 Å². The van der Waals surface area contributed by atoms with Crippen LogP contribution < -0.4 is 0 Å². The van der Waals surface area contributed by atoms with Crippen LogP contribution in [0, 0.1) is 0 Å². The van der Waals surface area contributed by atoms with Crippen LogP contribution in [0.2, 0.25) is 0 Å². The minimum absolute atomic E-state index is 0.238. The van der Waals surface area contributed by atoms with E-state index in [0.29, 0.717) is 12.8 Å². The lowest BCUT2D eigenvalue weighted by Gasteiger charge is -2.05. The zero-order chi connectivity index (χ0) is 17.9. The quantitative estimate of drug-likeness (QED) is 0.541. The molecule has 0 spiro atoms. The summed E-state index contributed by atoms with van der Waals surface area (Å²) in [5.74, 6) is 0.238. The Morgan fingerprint density at radius 3 is 2.85 bits per heavy atom. The molecular weight excluding hydrogens is 344 g/mol. The summed E-state index contributed by atoms with van der Waals surface area (Å²) in [7, 11) is 0. The van der Waals surface area contributed by atoms with E-state index < -0.39 is 0 Å². The first-order chi connectivity index (χ1) is 12.7. The summed E-state index contributed by atoms with van der Waals surface area (Å²) in [4.78, 5) is 21.0. The molecule has 0 bridgehead atoms. The first-order valence-electron chi connectivity index (χ1n) is 8.60. The number of benzene rings is 1. The van der Waals surface area contributed by atoms with E-state index in [4.69, 9.17) is 4.98 Å². The third-order valence-electron chi connectivity index (χ3n) is 4.20. The highest BCUT2D eigenvalue weighted by Gasteiger charge is 2.15. The lowest BCUT2D eigenvalue weighted by Crippen LogP contribution is -2.00. The van der Waals surface area contributed by atoms with Gasteiger partial charge < -0.3 is 0 Å². The lowest BCUT2D eigenvalue weighted by molar-refractivity contribution is -0.118. The molecule has 26 heavy (non-hydrogen) atoms. The molecule has 130 valence electrons. The Balaban J connectivity index is 1.85. The topological polar surface area (TPSA) is 71.5 Å². The number of hydrogen-bond acceptors (Lipinski definition) is 5. The number of rotatable bonds is 6. The van der Waals surface area contributed by atoms with Crippen LogP contribution in [0.15, 0.2) is 48.9 Å². The number of pyridine rings is 1. The Labute approximate surface area is 155 Å². The molecule has 1 N–H and O–H groups in total. The molecule has 3 heterocycles. The highest BCUT2D eigenvalue weighted by atomic mass is 32.1. The van der Waals surface area contributed by atoms with Crippen LogP contribution in [0.25, 0.3) is 32.6 Å². The second-order valence-electron chi connectivity index (χ2n) is 6.16. The van der Waals surface area contributed by atoms with Gasteiger partial charge in [-0.2, -0.15) is 5.10 Å². The van der Waals surface area contributed by atoms with Crippen molar-refractivity contribution in [3.63, 3.8) is 0 Å². The first kappa shape index (κ1) is 16.6. The van der Waals surface area contributed by atoms with Gasteiger partial charge in [0.1, 0.15) is 10.8 Å². The molecule has 0 aliphatic heterocycles. The Morgan fingerprint density at radius 2 is 2.12 bits per heavy atom. The minimum atomic E-state index is 0.238. The number of fused-ring (bicyclic) bond motifs is 1. The van der Waals surface area contributed by atoms with Gasteiger partial charge in [0.05, 0.1) is 22.3 Å². The van der Waals surface area contributed by atoms with Crippen LogP contribution in [0.4, 0.5) is 0 Å². The van der Waals surface area contributed by atoms with Crippen LogP contribution in [-0.4, -0.2) is 25.9 Å². The normalized spacial score (nSPS) is 11.1. The molecule has 0 unspecified atom stereocenters. The average molecular weight is 362 g/mol. The standard InChI is InChI=1S/C20H18N4OS/c1-2-4-15(25)11-19-23-18-10-14(13-5-3-7-21-12-13)9-16(20(18)26-19)17-6-8-22-24-17/h3,5-10,12H,2,4,11H2,1H3,(H,22,24). The monoisotopic (exact) mass is 362 g/mol. The SMILES string of the molecule is CCCC(=O)Cc1nc2cc(-c3cccnc3)cc(-c3ccn[nH]3)c2s1. The molecule has 0 radical (unpaired) electrons. The van der Waals surface area contributed by atoms with Gasteiger partial charge in [-0.3, -0.25) is 14.9 Å². The highest BCUT2D eigenvalue weighted by Crippen LogP contribution is 2.36. The molecule has 0 fully saturated rings. The van der Waals surface area contributed by atoms with Gasteiger partial charge in [-0.15, -0.1) is 11.3 Å². The molecule has 1 aromatic carbocycles. The number of H-pyrrole nitrogens is 1. The summed E-state index contributed by atoms with van der Waals surface area (Å²) in [6.45, 7) is 2.02. The van der Waals surface area contributed by atoms with Gasteiger partial charge in [0, 0.05) is 36.1 Å². The van der Waals surface area contributed by atoms with Crippen LogP contribution in [0.3, 0.4) is 0 Å². The summed E-state index contributed by atoms with van der Waals surface area (Å²) in [5, 5.41) is 7.98. The third kappa shape index (κ3) is 3.28. The number of Topliss-reactive ketones (excluding diaryl/α,β-unsaturated/α-hetero) is 1. The maximum absolute atomic E-state index is 12.0. The number of nitrogens with one attached hydrogen (secondary N) is 1. The number of nitrogens with zero attached hydrogens (tertiary/aromatic N) is 3. The Kier molecular flexibility index (Phi) is 4.58. The van der Waals surface area contributed by atoms with Gasteiger partial charge in [-0.05, 0) is 36.2 Å². The fourth-order valence-corrected chi connectivity index (χ4v) is 4.10. The minimum Gasteiger partial charge on any atom is -0.299 e. The number of ketones is 1. The molecule has 0 saturated heterocycles.